The second-order valence-electron chi connectivity index (χ2n) is 3.28. The topological polar surface area (TPSA) is 91.2 Å². The summed E-state index contributed by atoms with van der Waals surface area (Å²) < 4.78 is 10.3. The molecule has 0 radical (unpaired) electrons. The van der Waals surface area contributed by atoms with Gasteiger partial charge in [0.25, 0.3) is 0 Å². The molecule has 0 rings (SSSR count). The summed E-state index contributed by atoms with van der Waals surface area (Å²) >= 11 is 0. The van der Waals surface area contributed by atoms with Crippen molar-refractivity contribution in [3.8, 4) is 0 Å². The lowest BCUT2D eigenvalue weighted by atomic mass is 10.2. The van der Waals surface area contributed by atoms with Gasteiger partial charge in [0, 0.05) is 7.11 Å². The fraction of sp³-hybridized carbons (Fsp3) is 1.00. The Hall–Kier alpha value is -0.240. The van der Waals surface area contributed by atoms with Crippen LogP contribution in [0.15, 0.2) is 0 Å². The number of nitrogens with one attached hydrogen (secondary N) is 1. The molecule has 4 unspecified atom stereocenters. The fourth-order valence-corrected chi connectivity index (χ4v) is 1.11. The Morgan fingerprint density at radius 2 is 1.87 bits per heavy atom. The van der Waals surface area contributed by atoms with Gasteiger partial charge in [0.05, 0.1) is 25.4 Å². The third kappa shape index (κ3) is 4.87. The number of ether oxygens (including phenoxy) is 2. The van der Waals surface area contributed by atoms with Crippen molar-refractivity contribution in [1.82, 2.24) is 5.32 Å². The van der Waals surface area contributed by atoms with Crippen LogP contribution in [0.25, 0.3) is 0 Å². The molecule has 4 N–H and O–H groups in total. The van der Waals surface area contributed by atoms with E-state index in [0.29, 0.717) is 0 Å². The highest BCUT2D eigenvalue weighted by Crippen LogP contribution is 2.07. The van der Waals surface area contributed by atoms with Gasteiger partial charge in [0.2, 0.25) is 0 Å². The highest BCUT2D eigenvalue weighted by Gasteiger charge is 2.25. The van der Waals surface area contributed by atoms with Crippen LogP contribution >= 0.6 is 0 Å². The lowest BCUT2D eigenvalue weighted by molar-refractivity contribution is -0.202. The lowest BCUT2D eigenvalue weighted by Crippen LogP contribution is -2.47. The summed E-state index contributed by atoms with van der Waals surface area (Å²) in [7, 11) is 3.09. The molecule has 0 amide bonds. The van der Waals surface area contributed by atoms with E-state index in [1.165, 1.54) is 14.0 Å². The quantitative estimate of drug-likeness (QED) is 0.367. The molecule has 0 saturated heterocycles. The van der Waals surface area contributed by atoms with E-state index in [9.17, 15) is 5.11 Å². The van der Waals surface area contributed by atoms with Crippen molar-refractivity contribution in [2.75, 3.05) is 27.4 Å². The van der Waals surface area contributed by atoms with Crippen LogP contribution < -0.4 is 5.32 Å². The number of hydrogen-bond donors (Lipinski definition) is 4. The van der Waals surface area contributed by atoms with Crippen LogP contribution in [-0.4, -0.2) is 67.2 Å². The number of hydrogen-bond acceptors (Lipinski definition) is 6. The smallest absolute Gasteiger partial charge is 0.175 e. The first kappa shape index (κ1) is 14.8. The van der Waals surface area contributed by atoms with E-state index >= 15 is 0 Å². The Labute approximate surface area is 89.8 Å². The van der Waals surface area contributed by atoms with Gasteiger partial charge in [-0.05, 0) is 14.0 Å². The van der Waals surface area contributed by atoms with E-state index in [-0.39, 0.29) is 13.2 Å². The number of rotatable bonds is 8. The summed E-state index contributed by atoms with van der Waals surface area (Å²) in [5.41, 5.74) is 0. The van der Waals surface area contributed by atoms with E-state index in [2.05, 4.69) is 5.32 Å². The van der Waals surface area contributed by atoms with Gasteiger partial charge in [-0.3, -0.25) is 0 Å². The molecule has 0 saturated carbocycles. The maximum absolute atomic E-state index is 9.26. The van der Waals surface area contributed by atoms with Crippen molar-refractivity contribution >= 4 is 0 Å². The summed E-state index contributed by atoms with van der Waals surface area (Å²) in [5.74, 6) is 0. The van der Waals surface area contributed by atoms with Crippen molar-refractivity contribution < 1.29 is 24.8 Å². The zero-order valence-corrected chi connectivity index (χ0v) is 9.38. The van der Waals surface area contributed by atoms with E-state index < -0.39 is 24.5 Å². The zero-order chi connectivity index (χ0) is 11.8. The Balaban J connectivity index is 4.28. The van der Waals surface area contributed by atoms with E-state index in [4.69, 9.17) is 19.7 Å². The van der Waals surface area contributed by atoms with Gasteiger partial charge in [-0.25, -0.2) is 0 Å². The molecule has 0 heterocycles. The van der Waals surface area contributed by atoms with E-state index in [0.717, 1.165) is 0 Å². The molecule has 15 heavy (non-hydrogen) atoms. The molecule has 0 aromatic heterocycles. The predicted octanol–water partition coefficient (Wildman–Crippen LogP) is -1.70. The molecule has 0 bridgehead atoms. The number of aliphatic hydroxyl groups is 3. The number of aliphatic hydroxyl groups excluding tert-OH is 3. The van der Waals surface area contributed by atoms with Gasteiger partial charge in [-0.15, -0.1) is 0 Å². The van der Waals surface area contributed by atoms with Gasteiger partial charge < -0.3 is 30.1 Å². The lowest BCUT2D eigenvalue weighted by Gasteiger charge is -2.29. The monoisotopic (exact) mass is 223 g/mol. The first-order valence-corrected chi connectivity index (χ1v) is 4.86. The summed E-state index contributed by atoms with van der Waals surface area (Å²) in [6.07, 6.45) is -2.24. The molecule has 0 aliphatic rings. The highest BCUT2D eigenvalue weighted by molar-refractivity contribution is 4.71. The van der Waals surface area contributed by atoms with Crippen LogP contribution in [-0.2, 0) is 9.47 Å². The molecule has 0 fully saturated rings. The Kier molecular flexibility index (Phi) is 7.85. The molecule has 4 atom stereocenters. The SMILES string of the molecule is CNC(CO)C(OC)OC(CO)C(C)O. The van der Waals surface area contributed by atoms with Crippen molar-refractivity contribution in [3.63, 3.8) is 0 Å². The largest absolute Gasteiger partial charge is 0.395 e. The average Bonchev–Trinajstić information content (AvgIpc) is 2.23. The number of likely N-dealkylation sites (N-methyl/N-ethyl adjacent to an activating group) is 1. The second-order valence-corrected chi connectivity index (χ2v) is 3.28. The first-order valence-electron chi connectivity index (χ1n) is 4.86. The molecule has 0 aliphatic carbocycles. The molecular weight excluding hydrogens is 202 g/mol. The van der Waals surface area contributed by atoms with Crippen molar-refractivity contribution in [2.45, 2.75) is 31.5 Å². The van der Waals surface area contributed by atoms with Crippen molar-refractivity contribution in [1.29, 1.82) is 0 Å². The maximum Gasteiger partial charge on any atom is 0.175 e. The van der Waals surface area contributed by atoms with Crippen LogP contribution in [0.3, 0.4) is 0 Å². The van der Waals surface area contributed by atoms with Crippen LogP contribution in [0.2, 0.25) is 0 Å². The minimum atomic E-state index is -0.802. The summed E-state index contributed by atoms with van der Waals surface area (Å²) in [6, 6.07) is -0.400. The minimum Gasteiger partial charge on any atom is -0.395 e. The predicted molar refractivity (Wildman–Crippen MR) is 54.4 cm³/mol. The van der Waals surface area contributed by atoms with Gasteiger partial charge in [0.1, 0.15) is 6.10 Å². The molecule has 0 aliphatic heterocycles. The fourth-order valence-electron chi connectivity index (χ4n) is 1.11. The first-order chi connectivity index (χ1) is 7.10. The summed E-state index contributed by atoms with van der Waals surface area (Å²) in [5, 5.41) is 30.0. The van der Waals surface area contributed by atoms with Crippen molar-refractivity contribution in [3.05, 3.63) is 0 Å². The standard InChI is InChI=1S/C9H21NO5/c1-6(13)8(5-12)15-9(14-3)7(4-11)10-2/h6-13H,4-5H2,1-3H3. The molecule has 6 heteroatoms. The average molecular weight is 223 g/mol. The Bertz CT molecular complexity index is 151. The van der Waals surface area contributed by atoms with E-state index in [1.54, 1.807) is 7.05 Å². The summed E-state index contributed by atoms with van der Waals surface area (Å²) in [4.78, 5) is 0. The molecular formula is C9H21NO5. The molecule has 0 aromatic rings. The molecule has 6 nitrogen and oxygen atoms in total. The molecule has 0 aromatic carbocycles. The third-order valence-electron chi connectivity index (χ3n) is 2.16. The maximum atomic E-state index is 9.26. The van der Waals surface area contributed by atoms with Crippen molar-refractivity contribution in [2.24, 2.45) is 0 Å². The van der Waals surface area contributed by atoms with Crippen LogP contribution in [0, 0.1) is 0 Å². The Morgan fingerprint density at radius 1 is 1.27 bits per heavy atom. The summed E-state index contributed by atoms with van der Waals surface area (Å²) in [6.45, 7) is 1.05. The highest BCUT2D eigenvalue weighted by atomic mass is 16.7. The van der Waals surface area contributed by atoms with Crippen LogP contribution in [0.1, 0.15) is 6.92 Å². The molecule has 0 spiro atoms. The van der Waals surface area contributed by atoms with Crippen LogP contribution in [0.4, 0.5) is 0 Å². The Morgan fingerprint density at radius 3 is 2.13 bits per heavy atom. The van der Waals surface area contributed by atoms with Gasteiger partial charge >= 0.3 is 0 Å². The molecule has 92 valence electrons. The van der Waals surface area contributed by atoms with Gasteiger partial charge in [-0.1, -0.05) is 0 Å². The van der Waals surface area contributed by atoms with Crippen LogP contribution in [0.5, 0.6) is 0 Å². The third-order valence-corrected chi connectivity index (χ3v) is 2.16. The minimum absolute atomic E-state index is 0.160. The van der Waals surface area contributed by atoms with Gasteiger partial charge in [-0.2, -0.15) is 0 Å². The van der Waals surface area contributed by atoms with Gasteiger partial charge in [0.15, 0.2) is 6.29 Å². The van der Waals surface area contributed by atoms with E-state index in [1.807, 2.05) is 0 Å². The second kappa shape index (κ2) is 7.98. The number of methoxy groups -OCH3 is 1. The zero-order valence-electron chi connectivity index (χ0n) is 9.38. The normalized spacial score (nSPS) is 19.6.